The number of rotatable bonds is 5. The van der Waals surface area contributed by atoms with Crippen molar-refractivity contribution in [2.24, 2.45) is 11.1 Å². The summed E-state index contributed by atoms with van der Waals surface area (Å²) in [6, 6.07) is 5.17. The van der Waals surface area contributed by atoms with Crippen molar-refractivity contribution in [1.29, 1.82) is 0 Å². The second-order valence-electron chi connectivity index (χ2n) is 4.85. The van der Waals surface area contributed by atoms with E-state index in [2.05, 4.69) is 13.8 Å². The van der Waals surface area contributed by atoms with Crippen LogP contribution in [0.3, 0.4) is 0 Å². The van der Waals surface area contributed by atoms with Crippen molar-refractivity contribution in [2.45, 2.75) is 27.2 Å². The molecule has 0 aliphatic carbocycles. The summed E-state index contributed by atoms with van der Waals surface area (Å²) in [5, 5.41) is 0. The molecular weight excluding hydrogens is 205 g/mol. The van der Waals surface area contributed by atoms with Gasteiger partial charge in [-0.1, -0.05) is 26.0 Å². The standard InChI is InChI=1S/C13H20FNO/c1-10-5-4-6-11(12(10)14)16-8-7-13(2,3)9-15/h4-6H,7-9,15H2,1-3H3. The topological polar surface area (TPSA) is 35.2 Å². The van der Waals surface area contributed by atoms with Crippen LogP contribution in [0.15, 0.2) is 18.2 Å². The molecule has 16 heavy (non-hydrogen) atoms. The van der Waals surface area contributed by atoms with Gasteiger partial charge in [0.2, 0.25) is 0 Å². The van der Waals surface area contributed by atoms with Gasteiger partial charge in [0.05, 0.1) is 6.61 Å². The second-order valence-corrected chi connectivity index (χ2v) is 4.85. The Bertz CT molecular complexity index is 350. The Morgan fingerprint density at radius 2 is 2.06 bits per heavy atom. The largest absolute Gasteiger partial charge is 0.490 e. The third-order valence-electron chi connectivity index (χ3n) is 2.75. The fraction of sp³-hybridized carbons (Fsp3) is 0.538. The van der Waals surface area contributed by atoms with Crippen molar-refractivity contribution >= 4 is 0 Å². The molecule has 0 atom stereocenters. The minimum Gasteiger partial charge on any atom is -0.490 e. The molecule has 1 rings (SSSR count). The lowest BCUT2D eigenvalue weighted by molar-refractivity contribution is 0.226. The van der Waals surface area contributed by atoms with E-state index in [9.17, 15) is 4.39 Å². The first kappa shape index (κ1) is 13.0. The molecule has 0 unspecified atom stereocenters. The number of benzene rings is 1. The first-order valence-corrected chi connectivity index (χ1v) is 5.54. The Morgan fingerprint density at radius 1 is 1.38 bits per heavy atom. The maximum absolute atomic E-state index is 13.6. The predicted molar refractivity (Wildman–Crippen MR) is 64.1 cm³/mol. The zero-order chi connectivity index (χ0) is 12.2. The predicted octanol–water partition coefficient (Wildman–Crippen LogP) is 2.89. The summed E-state index contributed by atoms with van der Waals surface area (Å²) in [7, 11) is 0. The number of hydrogen-bond acceptors (Lipinski definition) is 2. The van der Waals surface area contributed by atoms with Crippen LogP contribution in [0.4, 0.5) is 4.39 Å². The smallest absolute Gasteiger partial charge is 0.167 e. The zero-order valence-electron chi connectivity index (χ0n) is 10.2. The Morgan fingerprint density at radius 3 is 2.69 bits per heavy atom. The maximum Gasteiger partial charge on any atom is 0.167 e. The van der Waals surface area contributed by atoms with Crippen LogP contribution in [-0.2, 0) is 0 Å². The molecule has 0 saturated heterocycles. The first-order valence-electron chi connectivity index (χ1n) is 5.54. The van der Waals surface area contributed by atoms with Gasteiger partial charge in [-0.25, -0.2) is 4.39 Å². The van der Waals surface area contributed by atoms with Gasteiger partial charge in [-0.3, -0.25) is 0 Å². The molecule has 1 aromatic rings. The average molecular weight is 225 g/mol. The lowest BCUT2D eigenvalue weighted by Gasteiger charge is -2.22. The van der Waals surface area contributed by atoms with Crippen molar-refractivity contribution < 1.29 is 9.13 Å². The van der Waals surface area contributed by atoms with Crippen LogP contribution >= 0.6 is 0 Å². The van der Waals surface area contributed by atoms with Gasteiger partial charge in [-0.15, -0.1) is 0 Å². The molecule has 0 heterocycles. The van der Waals surface area contributed by atoms with E-state index in [1.165, 1.54) is 0 Å². The van der Waals surface area contributed by atoms with Crippen LogP contribution in [0.2, 0.25) is 0 Å². The van der Waals surface area contributed by atoms with Crippen molar-refractivity contribution in [3.63, 3.8) is 0 Å². The van der Waals surface area contributed by atoms with E-state index in [1.807, 2.05) is 0 Å². The van der Waals surface area contributed by atoms with E-state index in [0.717, 1.165) is 6.42 Å². The molecule has 2 nitrogen and oxygen atoms in total. The summed E-state index contributed by atoms with van der Waals surface area (Å²) in [4.78, 5) is 0. The summed E-state index contributed by atoms with van der Waals surface area (Å²) >= 11 is 0. The van der Waals surface area contributed by atoms with Gasteiger partial charge in [0.1, 0.15) is 0 Å². The molecule has 2 N–H and O–H groups in total. The number of hydrogen-bond donors (Lipinski definition) is 1. The van der Waals surface area contributed by atoms with Crippen molar-refractivity contribution in [3.05, 3.63) is 29.6 Å². The Hall–Kier alpha value is -1.09. The molecule has 0 aromatic heterocycles. The van der Waals surface area contributed by atoms with Crippen LogP contribution in [0, 0.1) is 18.2 Å². The van der Waals surface area contributed by atoms with Crippen LogP contribution in [0.1, 0.15) is 25.8 Å². The van der Waals surface area contributed by atoms with E-state index in [0.29, 0.717) is 24.5 Å². The van der Waals surface area contributed by atoms with Crippen LogP contribution < -0.4 is 10.5 Å². The third kappa shape index (κ3) is 3.49. The molecule has 0 saturated carbocycles. The van der Waals surface area contributed by atoms with Crippen molar-refractivity contribution in [3.8, 4) is 5.75 Å². The average Bonchev–Trinajstić information content (AvgIpc) is 2.24. The van der Waals surface area contributed by atoms with Crippen LogP contribution in [0.25, 0.3) is 0 Å². The minimum atomic E-state index is -0.270. The van der Waals surface area contributed by atoms with Gasteiger partial charge in [-0.05, 0) is 36.9 Å². The SMILES string of the molecule is Cc1cccc(OCCC(C)(C)CN)c1F. The zero-order valence-corrected chi connectivity index (χ0v) is 10.2. The van der Waals surface area contributed by atoms with E-state index in [4.69, 9.17) is 10.5 Å². The Balaban J connectivity index is 2.53. The Labute approximate surface area is 96.6 Å². The van der Waals surface area contributed by atoms with Crippen molar-refractivity contribution in [2.75, 3.05) is 13.2 Å². The van der Waals surface area contributed by atoms with Crippen LogP contribution in [0.5, 0.6) is 5.75 Å². The Kier molecular flexibility index (Phi) is 4.30. The maximum atomic E-state index is 13.6. The molecule has 0 spiro atoms. The highest BCUT2D eigenvalue weighted by molar-refractivity contribution is 5.29. The summed E-state index contributed by atoms with van der Waals surface area (Å²) in [5.41, 5.74) is 6.26. The van der Waals surface area contributed by atoms with Crippen molar-refractivity contribution in [1.82, 2.24) is 0 Å². The molecular formula is C13H20FNO. The summed E-state index contributed by atoms with van der Waals surface area (Å²) < 4.78 is 19.0. The molecule has 0 bridgehead atoms. The summed E-state index contributed by atoms with van der Waals surface area (Å²) in [6.07, 6.45) is 0.816. The van der Waals surface area contributed by atoms with Gasteiger partial charge in [0.15, 0.2) is 11.6 Å². The molecule has 0 aliphatic heterocycles. The van der Waals surface area contributed by atoms with Gasteiger partial charge in [0, 0.05) is 0 Å². The molecule has 0 radical (unpaired) electrons. The minimum absolute atomic E-state index is 0.0420. The lowest BCUT2D eigenvalue weighted by atomic mass is 9.90. The number of aryl methyl sites for hydroxylation is 1. The number of ether oxygens (including phenoxy) is 1. The quantitative estimate of drug-likeness (QED) is 0.836. The molecule has 0 aliphatic rings. The van der Waals surface area contributed by atoms with Gasteiger partial charge < -0.3 is 10.5 Å². The van der Waals surface area contributed by atoms with E-state index < -0.39 is 0 Å². The fourth-order valence-corrected chi connectivity index (χ4v) is 1.27. The molecule has 90 valence electrons. The van der Waals surface area contributed by atoms with Gasteiger partial charge in [0.25, 0.3) is 0 Å². The van der Waals surface area contributed by atoms with Crippen LogP contribution in [-0.4, -0.2) is 13.2 Å². The summed E-state index contributed by atoms with van der Waals surface area (Å²) in [5.74, 6) is 0.0564. The van der Waals surface area contributed by atoms with E-state index in [1.54, 1.807) is 25.1 Å². The van der Waals surface area contributed by atoms with E-state index in [-0.39, 0.29) is 11.2 Å². The third-order valence-corrected chi connectivity index (χ3v) is 2.75. The highest BCUT2D eigenvalue weighted by Crippen LogP contribution is 2.22. The number of nitrogens with two attached hydrogens (primary N) is 1. The van der Waals surface area contributed by atoms with E-state index >= 15 is 0 Å². The molecule has 1 aromatic carbocycles. The monoisotopic (exact) mass is 225 g/mol. The second kappa shape index (κ2) is 5.30. The fourth-order valence-electron chi connectivity index (χ4n) is 1.27. The number of halogens is 1. The van der Waals surface area contributed by atoms with Gasteiger partial charge in [-0.2, -0.15) is 0 Å². The molecule has 0 amide bonds. The molecule has 3 heteroatoms. The van der Waals surface area contributed by atoms with Gasteiger partial charge >= 0.3 is 0 Å². The normalized spacial score (nSPS) is 11.6. The molecule has 0 fully saturated rings. The summed E-state index contributed by atoms with van der Waals surface area (Å²) in [6.45, 7) is 6.97. The lowest BCUT2D eigenvalue weighted by Crippen LogP contribution is -2.25. The highest BCUT2D eigenvalue weighted by Gasteiger charge is 2.15. The highest BCUT2D eigenvalue weighted by atomic mass is 19.1. The first-order chi connectivity index (χ1) is 7.46.